The fraction of sp³-hybridized carbons (Fsp3) is 0.357. The van der Waals surface area contributed by atoms with Crippen LogP contribution in [0.15, 0.2) is 18.7 Å². The van der Waals surface area contributed by atoms with Crippen LogP contribution in [0.5, 0.6) is 5.75 Å². The zero-order chi connectivity index (χ0) is 13.2. The molecule has 0 radical (unpaired) electrons. The second-order valence-electron chi connectivity index (χ2n) is 4.35. The Balaban J connectivity index is 3.39. The Morgan fingerprint density at radius 2 is 2.00 bits per heavy atom. The molecule has 17 heavy (non-hydrogen) atoms. The van der Waals surface area contributed by atoms with E-state index in [1.54, 1.807) is 7.11 Å². The van der Waals surface area contributed by atoms with E-state index >= 15 is 0 Å². The zero-order valence-electron chi connectivity index (χ0n) is 10.7. The van der Waals surface area contributed by atoms with E-state index in [-0.39, 0.29) is 11.5 Å². The minimum absolute atomic E-state index is 0.118. The monoisotopic (exact) mass is 234 g/mol. The number of hydrogen-bond donors (Lipinski definition) is 1. The fourth-order valence-corrected chi connectivity index (χ4v) is 1.77. The van der Waals surface area contributed by atoms with E-state index in [0.717, 1.165) is 16.9 Å². The molecule has 1 aromatic carbocycles. The van der Waals surface area contributed by atoms with Crippen molar-refractivity contribution in [2.24, 2.45) is 0 Å². The highest BCUT2D eigenvalue weighted by atomic mass is 16.5. The van der Waals surface area contributed by atoms with Crippen LogP contribution >= 0.6 is 0 Å². The van der Waals surface area contributed by atoms with Gasteiger partial charge in [0, 0.05) is 0 Å². The third-order valence-corrected chi connectivity index (χ3v) is 2.78. The molecule has 0 heterocycles. The first kappa shape index (κ1) is 13.3. The largest absolute Gasteiger partial charge is 0.496 e. The Morgan fingerprint density at radius 1 is 1.41 bits per heavy atom. The molecule has 0 amide bonds. The smallest absolute Gasteiger partial charge is 0.335 e. The molecule has 3 nitrogen and oxygen atoms in total. The molecular formula is C14H18O3. The van der Waals surface area contributed by atoms with E-state index in [2.05, 4.69) is 6.58 Å². The average Bonchev–Trinajstić information content (AvgIpc) is 2.27. The van der Waals surface area contributed by atoms with Gasteiger partial charge in [0.2, 0.25) is 0 Å². The quantitative estimate of drug-likeness (QED) is 0.813. The van der Waals surface area contributed by atoms with Crippen LogP contribution in [0, 0.1) is 6.92 Å². The number of ether oxygens (including phenoxy) is 1. The van der Waals surface area contributed by atoms with Gasteiger partial charge < -0.3 is 9.84 Å². The predicted octanol–water partition coefficient (Wildman–Crippen LogP) is 3.22. The van der Waals surface area contributed by atoms with Crippen LogP contribution < -0.4 is 4.74 Å². The standard InChI is InChI=1S/C14H18O3/c1-8(2)11-7-12(10(4)14(15)16)9(3)6-13(11)17-5/h6-8H,4H2,1-3,5H3,(H,15,16). The van der Waals surface area contributed by atoms with Gasteiger partial charge in [-0.25, -0.2) is 4.79 Å². The number of carbonyl (C=O) groups is 1. The van der Waals surface area contributed by atoms with Crippen LogP contribution in [0.1, 0.15) is 36.5 Å². The number of carboxylic acids is 1. The molecule has 0 fully saturated rings. The molecule has 1 aromatic rings. The molecule has 0 saturated heterocycles. The van der Waals surface area contributed by atoms with Gasteiger partial charge in [0.15, 0.2) is 0 Å². The number of benzene rings is 1. The third kappa shape index (κ3) is 2.67. The van der Waals surface area contributed by atoms with Gasteiger partial charge in [0.1, 0.15) is 5.75 Å². The van der Waals surface area contributed by atoms with Gasteiger partial charge in [0.05, 0.1) is 12.7 Å². The van der Waals surface area contributed by atoms with E-state index < -0.39 is 5.97 Å². The summed E-state index contributed by atoms with van der Waals surface area (Å²) in [7, 11) is 1.62. The van der Waals surface area contributed by atoms with E-state index in [1.165, 1.54) is 0 Å². The minimum Gasteiger partial charge on any atom is -0.496 e. The maximum Gasteiger partial charge on any atom is 0.335 e. The molecule has 0 aromatic heterocycles. The van der Waals surface area contributed by atoms with Gasteiger partial charge in [-0.15, -0.1) is 0 Å². The van der Waals surface area contributed by atoms with Crippen molar-refractivity contribution < 1.29 is 14.6 Å². The van der Waals surface area contributed by atoms with Crippen molar-refractivity contribution in [3.05, 3.63) is 35.4 Å². The molecule has 0 spiro atoms. The van der Waals surface area contributed by atoms with Gasteiger partial charge in [0.25, 0.3) is 0 Å². The number of rotatable bonds is 4. The van der Waals surface area contributed by atoms with Crippen LogP contribution in [0.2, 0.25) is 0 Å². The first-order valence-corrected chi connectivity index (χ1v) is 5.49. The number of hydrogen-bond acceptors (Lipinski definition) is 2. The summed E-state index contributed by atoms with van der Waals surface area (Å²) in [5.74, 6) is 0.0679. The Hall–Kier alpha value is -1.77. The summed E-state index contributed by atoms with van der Waals surface area (Å²) < 4.78 is 5.31. The van der Waals surface area contributed by atoms with Gasteiger partial charge in [-0.2, -0.15) is 0 Å². The Bertz CT molecular complexity index is 459. The summed E-state index contributed by atoms with van der Waals surface area (Å²) >= 11 is 0. The number of aliphatic carboxylic acids is 1. The number of aryl methyl sites for hydroxylation is 1. The minimum atomic E-state index is -0.993. The molecule has 1 rings (SSSR count). The second-order valence-corrected chi connectivity index (χ2v) is 4.35. The van der Waals surface area contributed by atoms with Gasteiger partial charge >= 0.3 is 5.97 Å². The molecule has 0 bridgehead atoms. The summed E-state index contributed by atoms with van der Waals surface area (Å²) in [4.78, 5) is 11.0. The lowest BCUT2D eigenvalue weighted by atomic mass is 9.93. The molecule has 1 N–H and O–H groups in total. The molecule has 0 saturated carbocycles. The summed E-state index contributed by atoms with van der Waals surface area (Å²) in [5.41, 5.74) is 2.64. The molecule has 0 unspecified atom stereocenters. The average molecular weight is 234 g/mol. The lowest BCUT2D eigenvalue weighted by molar-refractivity contribution is -0.130. The van der Waals surface area contributed by atoms with Crippen LogP contribution in [0.3, 0.4) is 0 Å². The molecule has 0 atom stereocenters. The topological polar surface area (TPSA) is 46.5 Å². The number of carboxylic acid groups (broad SMARTS) is 1. The number of methoxy groups -OCH3 is 1. The Kier molecular flexibility index (Phi) is 3.94. The first-order valence-electron chi connectivity index (χ1n) is 5.49. The van der Waals surface area contributed by atoms with Crippen LogP contribution in [0.4, 0.5) is 0 Å². The van der Waals surface area contributed by atoms with Gasteiger partial charge in [-0.05, 0) is 41.7 Å². The summed E-state index contributed by atoms with van der Waals surface area (Å²) in [6.45, 7) is 9.54. The maximum atomic E-state index is 11.0. The van der Waals surface area contributed by atoms with E-state index in [0.29, 0.717) is 5.56 Å². The van der Waals surface area contributed by atoms with Crippen molar-refractivity contribution in [3.63, 3.8) is 0 Å². The highest BCUT2D eigenvalue weighted by Crippen LogP contribution is 2.32. The lowest BCUT2D eigenvalue weighted by Crippen LogP contribution is -2.03. The van der Waals surface area contributed by atoms with Crippen molar-refractivity contribution in [1.29, 1.82) is 0 Å². The van der Waals surface area contributed by atoms with Gasteiger partial charge in [-0.1, -0.05) is 20.4 Å². The van der Waals surface area contributed by atoms with Crippen molar-refractivity contribution in [1.82, 2.24) is 0 Å². The highest BCUT2D eigenvalue weighted by molar-refractivity contribution is 6.15. The van der Waals surface area contributed by atoms with E-state index in [1.807, 2.05) is 32.9 Å². The Morgan fingerprint density at radius 3 is 2.41 bits per heavy atom. The molecule has 0 aliphatic carbocycles. The predicted molar refractivity (Wildman–Crippen MR) is 68.5 cm³/mol. The zero-order valence-corrected chi connectivity index (χ0v) is 10.7. The first-order chi connectivity index (χ1) is 7.88. The highest BCUT2D eigenvalue weighted by Gasteiger charge is 2.15. The summed E-state index contributed by atoms with van der Waals surface area (Å²) in [5, 5.41) is 8.99. The van der Waals surface area contributed by atoms with Gasteiger partial charge in [-0.3, -0.25) is 0 Å². The molecular weight excluding hydrogens is 216 g/mol. The lowest BCUT2D eigenvalue weighted by Gasteiger charge is -2.16. The summed E-state index contributed by atoms with van der Waals surface area (Å²) in [6.07, 6.45) is 0. The van der Waals surface area contributed by atoms with E-state index in [4.69, 9.17) is 9.84 Å². The van der Waals surface area contributed by atoms with Crippen molar-refractivity contribution in [3.8, 4) is 5.75 Å². The van der Waals surface area contributed by atoms with Crippen molar-refractivity contribution in [2.45, 2.75) is 26.7 Å². The molecule has 0 aliphatic rings. The molecule has 3 heteroatoms. The van der Waals surface area contributed by atoms with Crippen LogP contribution in [-0.4, -0.2) is 18.2 Å². The summed E-state index contributed by atoms with van der Waals surface area (Å²) in [6, 6.07) is 3.72. The Labute approximate surface area is 102 Å². The normalized spacial score (nSPS) is 10.4. The van der Waals surface area contributed by atoms with Crippen LogP contribution in [0.25, 0.3) is 5.57 Å². The molecule has 92 valence electrons. The van der Waals surface area contributed by atoms with E-state index in [9.17, 15) is 4.79 Å². The third-order valence-electron chi connectivity index (χ3n) is 2.78. The van der Waals surface area contributed by atoms with Crippen molar-refractivity contribution >= 4 is 11.5 Å². The SMILES string of the molecule is C=C(C(=O)O)c1cc(C(C)C)c(OC)cc1C. The maximum absolute atomic E-state index is 11.0. The van der Waals surface area contributed by atoms with Crippen molar-refractivity contribution in [2.75, 3.05) is 7.11 Å². The fourth-order valence-electron chi connectivity index (χ4n) is 1.77. The second kappa shape index (κ2) is 5.04. The molecule has 0 aliphatic heterocycles. The van der Waals surface area contributed by atoms with Crippen LogP contribution in [-0.2, 0) is 4.79 Å².